The van der Waals surface area contributed by atoms with Crippen LogP contribution < -0.4 is 16.6 Å². The van der Waals surface area contributed by atoms with E-state index >= 15 is 0 Å². The summed E-state index contributed by atoms with van der Waals surface area (Å²) in [7, 11) is -3.56. The smallest absolute Gasteiger partial charge is 0.282 e. The number of sulfonamides is 1. The Morgan fingerprint density at radius 2 is 1.70 bits per heavy atom. The van der Waals surface area contributed by atoms with Crippen LogP contribution >= 0.6 is 0 Å². The lowest BCUT2D eigenvalue weighted by Crippen LogP contribution is -2.40. The van der Waals surface area contributed by atoms with Crippen molar-refractivity contribution in [3.63, 3.8) is 0 Å². The van der Waals surface area contributed by atoms with Crippen LogP contribution in [0.1, 0.15) is 12.0 Å². The second-order valence-corrected chi connectivity index (χ2v) is 10.9. The predicted molar refractivity (Wildman–Crippen MR) is 142 cm³/mol. The van der Waals surface area contributed by atoms with Gasteiger partial charge in [0.15, 0.2) is 0 Å². The number of nitrogens with one attached hydrogen (secondary N) is 2. The van der Waals surface area contributed by atoms with Crippen LogP contribution in [0.5, 0.6) is 0 Å². The van der Waals surface area contributed by atoms with Gasteiger partial charge >= 0.3 is 0 Å². The molecule has 2 aromatic heterocycles. The van der Waals surface area contributed by atoms with E-state index in [-0.39, 0.29) is 10.5 Å². The second-order valence-electron chi connectivity index (χ2n) is 8.92. The maximum Gasteiger partial charge on any atom is 0.282 e. The lowest BCUT2D eigenvalue weighted by atomic mass is 10.1. The first-order valence-corrected chi connectivity index (χ1v) is 13.7. The molecule has 1 fully saturated rings. The molecular weight excluding hydrogens is 492 g/mol. The number of hydrogen-bond donors (Lipinski definition) is 3. The van der Waals surface area contributed by atoms with Crippen LogP contribution in [-0.4, -0.2) is 66.5 Å². The Bertz CT molecular complexity index is 1520. The van der Waals surface area contributed by atoms with Gasteiger partial charge in [0.25, 0.3) is 5.56 Å². The predicted octanol–water partition coefficient (Wildman–Crippen LogP) is 1.82. The zero-order valence-corrected chi connectivity index (χ0v) is 21.2. The highest BCUT2D eigenvalue weighted by Gasteiger charge is 2.26. The number of rotatable bonds is 9. The van der Waals surface area contributed by atoms with E-state index < -0.39 is 10.0 Å². The standard InChI is InChI=1S/C26H30N6O4S/c27-10-1-11-28-16-19-2-4-20(5-3-19)23-17-31-18-24(29-26(31)30-25(23)33)21-6-8-22(9-7-21)37(34,35)32-12-14-36-15-13-32/h2-9,17-18,28H,1,10-16,27H2,(H,29,30,33). The van der Waals surface area contributed by atoms with E-state index in [4.69, 9.17) is 10.5 Å². The maximum atomic E-state index is 12.9. The van der Waals surface area contributed by atoms with Crippen LogP contribution in [-0.2, 0) is 21.3 Å². The molecule has 5 rings (SSSR count). The second kappa shape index (κ2) is 11.0. The van der Waals surface area contributed by atoms with E-state index in [1.54, 1.807) is 34.9 Å². The van der Waals surface area contributed by atoms with Gasteiger partial charge in [-0.05, 0) is 48.3 Å². The molecule has 0 unspecified atom stereocenters. The monoisotopic (exact) mass is 522 g/mol. The molecule has 10 nitrogen and oxygen atoms in total. The fourth-order valence-electron chi connectivity index (χ4n) is 4.30. The lowest BCUT2D eigenvalue weighted by molar-refractivity contribution is 0.0730. The van der Waals surface area contributed by atoms with Gasteiger partial charge in [0.05, 0.1) is 29.4 Å². The summed E-state index contributed by atoms with van der Waals surface area (Å²) < 4.78 is 34.3. The minimum absolute atomic E-state index is 0.238. The highest BCUT2D eigenvalue weighted by atomic mass is 32.2. The van der Waals surface area contributed by atoms with Gasteiger partial charge in [0.1, 0.15) is 0 Å². The first kappa shape index (κ1) is 25.3. The topological polar surface area (TPSA) is 135 Å². The van der Waals surface area contributed by atoms with Crippen LogP contribution in [0, 0.1) is 0 Å². The van der Waals surface area contributed by atoms with E-state index in [9.17, 15) is 13.2 Å². The van der Waals surface area contributed by atoms with Crippen LogP contribution in [0.2, 0.25) is 0 Å². The average molecular weight is 523 g/mol. The van der Waals surface area contributed by atoms with Crippen molar-refractivity contribution in [2.45, 2.75) is 17.9 Å². The molecule has 0 radical (unpaired) electrons. The Kier molecular flexibility index (Phi) is 7.49. The number of nitrogens with two attached hydrogens (primary N) is 1. The third-order valence-corrected chi connectivity index (χ3v) is 8.30. The zero-order valence-electron chi connectivity index (χ0n) is 20.4. The minimum Gasteiger partial charge on any atom is -0.379 e. The van der Waals surface area contributed by atoms with E-state index in [0.717, 1.165) is 41.9 Å². The Morgan fingerprint density at radius 1 is 1.00 bits per heavy atom. The van der Waals surface area contributed by atoms with E-state index in [2.05, 4.69) is 15.3 Å². The molecule has 0 amide bonds. The minimum atomic E-state index is -3.56. The summed E-state index contributed by atoms with van der Waals surface area (Å²) in [5.41, 5.74) is 9.11. The normalized spacial score (nSPS) is 14.8. The first-order valence-electron chi connectivity index (χ1n) is 12.3. The van der Waals surface area contributed by atoms with Crippen molar-refractivity contribution in [1.82, 2.24) is 24.0 Å². The Morgan fingerprint density at radius 3 is 2.41 bits per heavy atom. The maximum absolute atomic E-state index is 12.9. The average Bonchev–Trinajstić information content (AvgIpc) is 3.34. The molecule has 0 aliphatic carbocycles. The van der Waals surface area contributed by atoms with Crippen LogP contribution in [0.25, 0.3) is 28.2 Å². The summed E-state index contributed by atoms with van der Waals surface area (Å²) in [5, 5.41) is 3.34. The van der Waals surface area contributed by atoms with E-state index in [1.807, 2.05) is 30.5 Å². The summed E-state index contributed by atoms with van der Waals surface area (Å²) in [6.07, 6.45) is 4.53. The quantitative estimate of drug-likeness (QED) is 0.285. The number of aromatic nitrogens is 3. The fraction of sp³-hybridized carbons (Fsp3) is 0.308. The van der Waals surface area contributed by atoms with Crippen molar-refractivity contribution in [1.29, 1.82) is 0 Å². The van der Waals surface area contributed by atoms with Crippen molar-refractivity contribution in [3.05, 3.63) is 76.8 Å². The van der Waals surface area contributed by atoms with Gasteiger partial charge in [-0.1, -0.05) is 36.4 Å². The van der Waals surface area contributed by atoms with Crippen molar-refractivity contribution >= 4 is 15.8 Å². The molecule has 0 atom stereocenters. The molecule has 37 heavy (non-hydrogen) atoms. The number of morpholine rings is 1. The number of nitrogens with zero attached hydrogens (tertiary/aromatic N) is 3. The molecule has 0 spiro atoms. The molecule has 3 heterocycles. The lowest BCUT2D eigenvalue weighted by Gasteiger charge is -2.26. The van der Waals surface area contributed by atoms with Crippen molar-refractivity contribution in [2.75, 3.05) is 39.4 Å². The number of ether oxygens (including phenoxy) is 1. The third-order valence-electron chi connectivity index (χ3n) is 6.39. The summed E-state index contributed by atoms with van der Waals surface area (Å²) in [4.78, 5) is 20.4. The molecule has 4 N–H and O–H groups in total. The third kappa shape index (κ3) is 5.50. The SMILES string of the molecule is NCCCNCc1ccc(-c2cn3cc(-c4ccc(S(=O)(=O)N5CCOCC5)cc4)[nH]c3nc2=O)cc1. The van der Waals surface area contributed by atoms with E-state index in [1.165, 1.54) is 4.31 Å². The van der Waals surface area contributed by atoms with Crippen LogP contribution in [0.3, 0.4) is 0 Å². The van der Waals surface area contributed by atoms with Crippen molar-refractivity contribution in [3.8, 4) is 22.4 Å². The van der Waals surface area contributed by atoms with Gasteiger partial charge in [-0.15, -0.1) is 0 Å². The number of aromatic amines is 1. The van der Waals surface area contributed by atoms with Gasteiger partial charge in [-0.2, -0.15) is 9.29 Å². The summed E-state index contributed by atoms with van der Waals surface area (Å²) in [5.74, 6) is 0.412. The molecule has 1 saturated heterocycles. The Labute approximate surface area is 215 Å². The van der Waals surface area contributed by atoms with Gasteiger partial charge in [-0.25, -0.2) is 8.42 Å². The number of H-pyrrole nitrogens is 1. The van der Waals surface area contributed by atoms with Crippen molar-refractivity contribution in [2.24, 2.45) is 5.73 Å². The molecule has 194 valence electrons. The van der Waals surface area contributed by atoms with Gasteiger partial charge in [-0.3, -0.25) is 9.20 Å². The van der Waals surface area contributed by atoms with Gasteiger partial charge in [0, 0.05) is 32.0 Å². The highest BCUT2D eigenvalue weighted by molar-refractivity contribution is 7.89. The van der Waals surface area contributed by atoms with Crippen molar-refractivity contribution < 1.29 is 13.2 Å². The Hall–Kier alpha value is -3.35. The first-order chi connectivity index (χ1) is 18.0. The summed E-state index contributed by atoms with van der Waals surface area (Å²) in [6, 6.07) is 14.5. The molecule has 11 heteroatoms. The molecule has 4 aromatic rings. The molecule has 2 aromatic carbocycles. The summed E-state index contributed by atoms with van der Waals surface area (Å²) >= 11 is 0. The molecular formula is C26H30N6O4S. The molecule has 1 aliphatic rings. The summed E-state index contributed by atoms with van der Waals surface area (Å²) in [6.45, 7) is 3.76. The fourth-order valence-corrected chi connectivity index (χ4v) is 5.71. The Balaban J connectivity index is 1.36. The number of imidazole rings is 1. The van der Waals surface area contributed by atoms with Crippen LogP contribution in [0.15, 0.2) is 70.6 Å². The number of benzene rings is 2. The molecule has 1 aliphatic heterocycles. The zero-order chi connectivity index (χ0) is 25.8. The van der Waals surface area contributed by atoms with E-state index in [0.29, 0.717) is 44.2 Å². The largest absolute Gasteiger partial charge is 0.379 e. The molecule has 0 saturated carbocycles. The highest BCUT2D eigenvalue weighted by Crippen LogP contribution is 2.24. The molecule has 0 bridgehead atoms. The van der Waals surface area contributed by atoms with Gasteiger partial charge < -0.3 is 20.8 Å². The van der Waals surface area contributed by atoms with Crippen LogP contribution in [0.4, 0.5) is 0 Å². The van der Waals surface area contributed by atoms with Gasteiger partial charge in [0.2, 0.25) is 15.8 Å². The number of hydrogen-bond acceptors (Lipinski definition) is 7. The number of fused-ring (bicyclic) bond motifs is 1.